The van der Waals surface area contributed by atoms with Crippen LogP contribution in [0.2, 0.25) is 0 Å². The Kier molecular flexibility index (Phi) is 3.32. The zero-order valence-electron chi connectivity index (χ0n) is 8.99. The maximum Gasteiger partial charge on any atom is 0.346 e. The van der Waals surface area contributed by atoms with E-state index in [-0.39, 0.29) is 5.75 Å². The van der Waals surface area contributed by atoms with Crippen molar-refractivity contribution in [2.45, 2.75) is 0 Å². The third-order valence-electron chi connectivity index (χ3n) is 2.16. The quantitative estimate of drug-likeness (QED) is 0.605. The Labute approximate surface area is 101 Å². The Morgan fingerprint density at radius 3 is 2.33 bits per heavy atom. The van der Waals surface area contributed by atoms with Crippen LogP contribution in [0.25, 0.3) is 0 Å². The molecule has 0 radical (unpaired) electrons. The van der Waals surface area contributed by atoms with Crippen LogP contribution in [0.15, 0.2) is 42.5 Å². The molecular formula is C13H7F3O2. The number of benzene rings is 2. The summed E-state index contributed by atoms with van der Waals surface area (Å²) in [6, 6.07) is 7.33. The molecule has 18 heavy (non-hydrogen) atoms. The molecule has 0 fully saturated rings. The lowest BCUT2D eigenvalue weighted by Crippen LogP contribution is -2.11. The number of halogens is 3. The van der Waals surface area contributed by atoms with Crippen LogP contribution in [0.1, 0.15) is 10.4 Å². The lowest BCUT2D eigenvalue weighted by Gasteiger charge is -2.05. The van der Waals surface area contributed by atoms with Crippen LogP contribution in [-0.4, -0.2) is 5.97 Å². The maximum absolute atomic E-state index is 13.3. The number of ether oxygens (including phenoxy) is 1. The van der Waals surface area contributed by atoms with E-state index in [1.807, 2.05) is 0 Å². The van der Waals surface area contributed by atoms with E-state index in [4.69, 9.17) is 4.74 Å². The number of carbonyl (C=O) groups is 1. The van der Waals surface area contributed by atoms with Gasteiger partial charge in [-0.2, -0.15) is 0 Å². The van der Waals surface area contributed by atoms with E-state index in [0.29, 0.717) is 6.07 Å². The van der Waals surface area contributed by atoms with Gasteiger partial charge >= 0.3 is 5.97 Å². The molecule has 0 saturated heterocycles. The average molecular weight is 252 g/mol. The highest BCUT2D eigenvalue weighted by Crippen LogP contribution is 2.16. The van der Waals surface area contributed by atoms with Gasteiger partial charge in [-0.15, -0.1) is 0 Å². The fourth-order valence-corrected chi connectivity index (χ4v) is 1.35. The van der Waals surface area contributed by atoms with Gasteiger partial charge in [0.05, 0.1) is 5.56 Å². The van der Waals surface area contributed by atoms with Gasteiger partial charge in [0.15, 0.2) is 0 Å². The summed E-state index contributed by atoms with van der Waals surface area (Å²) in [4.78, 5) is 11.6. The molecule has 0 aromatic heterocycles. The van der Waals surface area contributed by atoms with E-state index in [1.54, 1.807) is 0 Å². The van der Waals surface area contributed by atoms with Crippen molar-refractivity contribution in [2.75, 3.05) is 0 Å². The molecule has 2 aromatic carbocycles. The summed E-state index contributed by atoms with van der Waals surface area (Å²) >= 11 is 0. The van der Waals surface area contributed by atoms with Crippen molar-refractivity contribution in [1.29, 1.82) is 0 Å². The molecule has 2 aromatic rings. The molecule has 0 aliphatic heterocycles. The van der Waals surface area contributed by atoms with Gasteiger partial charge in [-0.05, 0) is 24.3 Å². The minimum atomic E-state index is -1.03. The molecule has 0 N–H and O–H groups in total. The molecule has 0 aliphatic rings. The standard InChI is InChI=1S/C13H7F3O2/c14-8-2-1-3-10(6-8)18-13(17)11-5-4-9(15)7-12(11)16/h1-7H. The zero-order chi connectivity index (χ0) is 13.1. The molecule has 5 heteroatoms. The molecule has 92 valence electrons. The maximum atomic E-state index is 13.3. The first kappa shape index (κ1) is 12.2. The van der Waals surface area contributed by atoms with Crippen molar-refractivity contribution < 1.29 is 22.7 Å². The van der Waals surface area contributed by atoms with Crippen molar-refractivity contribution in [3.63, 3.8) is 0 Å². The number of hydrogen-bond acceptors (Lipinski definition) is 2. The number of rotatable bonds is 2. The summed E-state index contributed by atoms with van der Waals surface area (Å²) in [7, 11) is 0. The van der Waals surface area contributed by atoms with E-state index in [0.717, 1.165) is 18.2 Å². The van der Waals surface area contributed by atoms with Crippen molar-refractivity contribution in [2.24, 2.45) is 0 Å². The Morgan fingerprint density at radius 2 is 1.67 bits per heavy atom. The van der Waals surface area contributed by atoms with E-state index in [1.165, 1.54) is 18.2 Å². The number of esters is 1. The molecule has 0 saturated carbocycles. The van der Waals surface area contributed by atoms with Crippen molar-refractivity contribution in [1.82, 2.24) is 0 Å². The summed E-state index contributed by atoms with van der Waals surface area (Å²) in [6.45, 7) is 0. The molecule has 2 rings (SSSR count). The minimum Gasteiger partial charge on any atom is -0.423 e. The predicted molar refractivity (Wildman–Crippen MR) is 57.7 cm³/mol. The first-order valence-electron chi connectivity index (χ1n) is 4.99. The van der Waals surface area contributed by atoms with Gasteiger partial charge in [0, 0.05) is 12.1 Å². The molecule has 0 unspecified atom stereocenters. The molecule has 0 amide bonds. The van der Waals surface area contributed by atoms with Gasteiger partial charge < -0.3 is 4.74 Å². The van der Waals surface area contributed by atoms with Crippen LogP contribution >= 0.6 is 0 Å². The van der Waals surface area contributed by atoms with Crippen LogP contribution < -0.4 is 4.74 Å². The topological polar surface area (TPSA) is 26.3 Å². The van der Waals surface area contributed by atoms with Gasteiger partial charge in [-0.3, -0.25) is 0 Å². The van der Waals surface area contributed by atoms with Crippen LogP contribution in [0.3, 0.4) is 0 Å². The largest absolute Gasteiger partial charge is 0.423 e. The van der Waals surface area contributed by atoms with Crippen LogP contribution in [-0.2, 0) is 0 Å². The van der Waals surface area contributed by atoms with Gasteiger partial charge in [0.1, 0.15) is 23.2 Å². The molecule has 0 aliphatic carbocycles. The zero-order valence-corrected chi connectivity index (χ0v) is 8.99. The normalized spacial score (nSPS) is 10.2. The van der Waals surface area contributed by atoms with Crippen molar-refractivity contribution in [3.05, 3.63) is 65.5 Å². The van der Waals surface area contributed by atoms with Crippen molar-refractivity contribution >= 4 is 5.97 Å². The van der Waals surface area contributed by atoms with Gasteiger partial charge in [0.2, 0.25) is 0 Å². The second kappa shape index (κ2) is 4.91. The van der Waals surface area contributed by atoms with E-state index >= 15 is 0 Å². The second-order valence-corrected chi connectivity index (χ2v) is 3.47. The molecule has 0 atom stereocenters. The molecule has 0 spiro atoms. The summed E-state index contributed by atoms with van der Waals surface area (Å²) in [5.41, 5.74) is -0.416. The van der Waals surface area contributed by atoms with Crippen LogP contribution in [0.5, 0.6) is 5.75 Å². The molecule has 0 heterocycles. The predicted octanol–water partition coefficient (Wildman–Crippen LogP) is 3.32. The molecule has 0 bridgehead atoms. The Hall–Kier alpha value is -2.30. The number of carbonyl (C=O) groups excluding carboxylic acids is 1. The SMILES string of the molecule is O=C(Oc1cccc(F)c1)c1ccc(F)cc1F. The number of hydrogen-bond donors (Lipinski definition) is 0. The lowest BCUT2D eigenvalue weighted by molar-refractivity contribution is 0.0729. The smallest absolute Gasteiger partial charge is 0.346 e. The summed E-state index contributed by atoms with van der Waals surface area (Å²) in [6.07, 6.45) is 0. The monoisotopic (exact) mass is 252 g/mol. The van der Waals surface area contributed by atoms with E-state index in [9.17, 15) is 18.0 Å². The fraction of sp³-hybridized carbons (Fsp3) is 0. The van der Waals surface area contributed by atoms with Gasteiger partial charge in [-0.1, -0.05) is 6.07 Å². The first-order valence-corrected chi connectivity index (χ1v) is 4.99. The highest BCUT2D eigenvalue weighted by molar-refractivity contribution is 5.91. The fourth-order valence-electron chi connectivity index (χ4n) is 1.35. The highest BCUT2D eigenvalue weighted by atomic mass is 19.1. The Morgan fingerprint density at radius 1 is 0.944 bits per heavy atom. The Bertz CT molecular complexity index is 597. The summed E-state index contributed by atoms with van der Waals surface area (Å²) in [5, 5.41) is 0. The van der Waals surface area contributed by atoms with Gasteiger partial charge in [0.25, 0.3) is 0 Å². The molecule has 2 nitrogen and oxygen atoms in total. The molecular weight excluding hydrogens is 245 g/mol. The van der Waals surface area contributed by atoms with Gasteiger partial charge in [-0.25, -0.2) is 18.0 Å². The van der Waals surface area contributed by atoms with Crippen LogP contribution in [0, 0.1) is 17.5 Å². The average Bonchev–Trinajstić information content (AvgIpc) is 2.28. The second-order valence-electron chi connectivity index (χ2n) is 3.47. The lowest BCUT2D eigenvalue weighted by atomic mass is 10.2. The van der Waals surface area contributed by atoms with Crippen molar-refractivity contribution in [3.8, 4) is 5.75 Å². The third-order valence-corrected chi connectivity index (χ3v) is 2.16. The highest BCUT2D eigenvalue weighted by Gasteiger charge is 2.14. The summed E-state index contributed by atoms with van der Waals surface area (Å²) < 4.78 is 43.5. The minimum absolute atomic E-state index is 0.0521. The summed E-state index contributed by atoms with van der Waals surface area (Å²) in [5.74, 6) is -3.48. The van der Waals surface area contributed by atoms with Crippen LogP contribution in [0.4, 0.5) is 13.2 Å². The first-order chi connectivity index (χ1) is 8.56. The third kappa shape index (κ3) is 2.68. The Balaban J connectivity index is 2.22. The van der Waals surface area contributed by atoms with E-state index in [2.05, 4.69) is 0 Å². The van der Waals surface area contributed by atoms with E-state index < -0.39 is 29.0 Å².